The summed E-state index contributed by atoms with van der Waals surface area (Å²) in [6.45, 7) is 2.07. The number of anilines is 1. The number of rotatable bonds is 5. The molecule has 2 aromatic carbocycles. The second kappa shape index (κ2) is 8.49. The summed E-state index contributed by atoms with van der Waals surface area (Å²) in [6, 6.07) is 18.0. The van der Waals surface area contributed by atoms with Crippen LogP contribution >= 0.6 is 0 Å². The number of benzene rings is 2. The van der Waals surface area contributed by atoms with Crippen molar-refractivity contribution in [2.24, 2.45) is 0 Å². The first kappa shape index (κ1) is 19.2. The van der Waals surface area contributed by atoms with Gasteiger partial charge >= 0.3 is 5.97 Å². The van der Waals surface area contributed by atoms with Crippen molar-refractivity contribution in [1.29, 1.82) is 0 Å². The molecule has 3 aromatic rings. The predicted molar refractivity (Wildman–Crippen MR) is 113 cm³/mol. The van der Waals surface area contributed by atoms with E-state index in [4.69, 9.17) is 4.74 Å². The summed E-state index contributed by atoms with van der Waals surface area (Å²) in [5.74, 6) is -0.0756. The number of hydrogen-bond donors (Lipinski definition) is 2. The van der Waals surface area contributed by atoms with Crippen LogP contribution in [0.3, 0.4) is 0 Å². The summed E-state index contributed by atoms with van der Waals surface area (Å²) < 4.78 is 4.86. The van der Waals surface area contributed by atoms with E-state index >= 15 is 0 Å². The molecule has 2 N–H and O–H groups in total. The summed E-state index contributed by atoms with van der Waals surface area (Å²) in [7, 11) is 1.33. The number of carbonyl (C=O) groups excluding carboxylic acids is 2. The second-order valence-corrected chi connectivity index (χ2v) is 7.42. The Kier molecular flexibility index (Phi) is 5.62. The molecule has 1 aliphatic rings. The molecule has 150 valence electrons. The Hall–Kier alpha value is -3.12. The number of aromatic nitrogens is 1. The van der Waals surface area contributed by atoms with E-state index in [2.05, 4.69) is 39.5 Å². The third kappa shape index (κ3) is 4.17. The van der Waals surface area contributed by atoms with E-state index in [-0.39, 0.29) is 11.6 Å². The maximum Gasteiger partial charge on any atom is 0.356 e. The van der Waals surface area contributed by atoms with E-state index < -0.39 is 5.97 Å². The SMILES string of the molecule is COC(=O)c1[nH]c2ccccc2c1NC(=O)CN1CCC(c2ccccc2)CC1. The lowest BCUT2D eigenvalue weighted by molar-refractivity contribution is -0.117. The summed E-state index contributed by atoms with van der Waals surface area (Å²) in [5, 5.41) is 3.72. The van der Waals surface area contributed by atoms with Gasteiger partial charge in [0, 0.05) is 10.9 Å². The topological polar surface area (TPSA) is 74.4 Å². The largest absolute Gasteiger partial charge is 0.464 e. The number of ether oxygens (including phenoxy) is 1. The van der Waals surface area contributed by atoms with E-state index in [0.717, 1.165) is 36.8 Å². The van der Waals surface area contributed by atoms with Crippen LogP contribution in [0.2, 0.25) is 0 Å². The van der Waals surface area contributed by atoms with E-state index in [1.54, 1.807) is 0 Å². The summed E-state index contributed by atoms with van der Waals surface area (Å²) in [4.78, 5) is 30.1. The van der Waals surface area contributed by atoms with E-state index in [0.29, 0.717) is 18.2 Å². The highest BCUT2D eigenvalue weighted by Crippen LogP contribution is 2.29. The van der Waals surface area contributed by atoms with E-state index in [1.807, 2.05) is 30.3 Å². The number of amides is 1. The summed E-state index contributed by atoms with van der Waals surface area (Å²) in [6.07, 6.45) is 2.08. The lowest BCUT2D eigenvalue weighted by Gasteiger charge is -2.31. The highest BCUT2D eigenvalue weighted by Gasteiger charge is 2.24. The third-order valence-corrected chi connectivity index (χ3v) is 5.59. The average Bonchev–Trinajstić information content (AvgIpc) is 3.12. The fraction of sp³-hybridized carbons (Fsp3) is 0.304. The summed E-state index contributed by atoms with van der Waals surface area (Å²) in [5.41, 5.74) is 2.91. The van der Waals surface area contributed by atoms with Gasteiger partial charge in [-0.15, -0.1) is 0 Å². The molecular weight excluding hydrogens is 366 g/mol. The van der Waals surface area contributed by atoms with Gasteiger partial charge in [-0.3, -0.25) is 9.69 Å². The van der Waals surface area contributed by atoms with Crippen molar-refractivity contribution in [3.8, 4) is 0 Å². The van der Waals surface area contributed by atoms with Crippen LogP contribution < -0.4 is 5.32 Å². The molecule has 1 saturated heterocycles. The monoisotopic (exact) mass is 391 g/mol. The third-order valence-electron chi connectivity index (χ3n) is 5.59. The van der Waals surface area contributed by atoms with Gasteiger partial charge in [0.05, 0.1) is 19.3 Å². The van der Waals surface area contributed by atoms with Crippen LogP contribution in [0.15, 0.2) is 54.6 Å². The number of methoxy groups -OCH3 is 1. The van der Waals surface area contributed by atoms with Gasteiger partial charge < -0.3 is 15.0 Å². The number of piperidine rings is 1. The Balaban J connectivity index is 1.41. The Labute approximate surface area is 169 Å². The van der Waals surface area contributed by atoms with Gasteiger partial charge in [0.1, 0.15) is 5.69 Å². The molecule has 0 radical (unpaired) electrons. The van der Waals surface area contributed by atoms with Crippen molar-refractivity contribution in [1.82, 2.24) is 9.88 Å². The molecule has 0 bridgehead atoms. The number of aromatic amines is 1. The molecule has 1 amide bonds. The maximum absolute atomic E-state index is 12.7. The minimum absolute atomic E-state index is 0.127. The molecule has 4 rings (SSSR count). The van der Waals surface area contributed by atoms with Crippen LogP contribution in [0.1, 0.15) is 34.8 Å². The van der Waals surface area contributed by atoms with Crippen molar-refractivity contribution in [3.05, 3.63) is 65.9 Å². The van der Waals surface area contributed by atoms with Crippen LogP contribution in [-0.4, -0.2) is 48.5 Å². The Bertz CT molecular complexity index is 1000. The smallest absolute Gasteiger partial charge is 0.356 e. The second-order valence-electron chi connectivity index (χ2n) is 7.42. The van der Waals surface area contributed by atoms with Crippen molar-refractivity contribution < 1.29 is 14.3 Å². The first-order valence-corrected chi connectivity index (χ1v) is 9.92. The fourth-order valence-electron chi connectivity index (χ4n) is 4.06. The normalized spacial score (nSPS) is 15.3. The van der Waals surface area contributed by atoms with Crippen LogP contribution in [0, 0.1) is 0 Å². The number of H-pyrrole nitrogens is 1. The van der Waals surface area contributed by atoms with Gasteiger partial charge in [-0.2, -0.15) is 0 Å². The van der Waals surface area contributed by atoms with Crippen LogP contribution in [0.25, 0.3) is 10.9 Å². The van der Waals surface area contributed by atoms with Crippen LogP contribution in [0.4, 0.5) is 5.69 Å². The molecule has 0 atom stereocenters. The highest BCUT2D eigenvalue weighted by atomic mass is 16.5. The van der Waals surface area contributed by atoms with Gasteiger partial charge in [0.15, 0.2) is 0 Å². The van der Waals surface area contributed by atoms with Gasteiger partial charge in [-0.05, 0) is 43.5 Å². The first-order valence-electron chi connectivity index (χ1n) is 9.92. The Morgan fingerprint density at radius 2 is 1.76 bits per heavy atom. The number of nitrogens with one attached hydrogen (secondary N) is 2. The molecule has 0 saturated carbocycles. The zero-order valence-electron chi connectivity index (χ0n) is 16.5. The van der Waals surface area contributed by atoms with E-state index in [1.165, 1.54) is 12.7 Å². The van der Waals surface area contributed by atoms with Crippen molar-refractivity contribution in [2.75, 3.05) is 32.1 Å². The Morgan fingerprint density at radius 1 is 1.07 bits per heavy atom. The zero-order valence-corrected chi connectivity index (χ0v) is 16.5. The number of esters is 1. The molecule has 6 heteroatoms. The molecule has 29 heavy (non-hydrogen) atoms. The number of carbonyl (C=O) groups is 2. The number of nitrogens with zero attached hydrogens (tertiary/aromatic N) is 1. The number of fused-ring (bicyclic) bond motifs is 1. The summed E-state index contributed by atoms with van der Waals surface area (Å²) >= 11 is 0. The number of likely N-dealkylation sites (tertiary alicyclic amines) is 1. The van der Waals surface area contributed by atoms with Gasteiger partial charge in [-0.25, -0.2) is 4.79 Å². The van der Waals surface area contributed by atoms with E-state index in [9.17, 15) is 9.59 Å². The predicted octanol–water partition coefficient (Wildman–Crippen LogP) is 3.77. The standard InChI is InChI=1S/C23H25N3O3/c1-29-23(28)22-21(18-9-5-6-10-19(18)24-22)25-20(27)15-26-13-11-17(12-14-26)16-7-3-2-4-8-16/h2-10,17,24H,11-15H2,1H3,(H,25,27). The molecule has 0 unspecified atom stereocenters. The molecule has 2 heterocycles. The lowest BCUT2D eigenvalue weighted by Crippen LogP contribution is -2.38. The van der Waals surface area contributed by atoms with Crippen molar-refractivity contribution in [2.45, 2.75) is 18.8 Å². The van der Waals surface area contributed by atoms with Crippen LogP contribution in [-0.2, 0) is 9.53 Å². The minimum Gasteiger partial charge on any atom is -0.464 e. The highest BCUT2D eigenvalue weighted by molar-refractivity contribution is 6.11. The number of hydrogen-bond acceptors (Lipinski definition) is 4. The van der Waals surface area contributed by atoms with Crippen molar-refractivity contribution in [3.63, 3.8) is 0 Å². The van der Waals surface area contributed by atoms with Crippen molar-refractivity contribution >= 4 is 28.5 Å². The van der Waals surface area contributed by atoms with Gasteiger partial charge in [0.25, 0.3) is 0 Å². The molecule has 0 spiro atoms. The molecule has 0 aliphatic carbocycles. The molecule has 1 aromatic heterocycles. The first-order chi connectivity index (χ1) is 14.2. The molecule has 1 fully saturated rings. The minimum atomic E-state index is -0.500. The molecular formula is C23H25N3O3. The maximum atomic E-state index is 12.7. The molecule has 6 nitrogen and oxygen atoms in total. The fourth-order valence-corrected chi connectivity index (χ4v) is 4.06. The Morgan fingerprint density at radius 3 is 2.48 bits per heavy atom. The molecule has 1 aliphatic heterocycles. The van der Waals surface area contributed by atoms with Gasteiger partial charge in [-0.1, -0.05) is 48.5 Å². The zero-order chi connectivity index (χ0) is 20.2. The lowest BCUT2D eigenvalue weighted by atomic mass is 9.89. The quantitative estimate of drug-likeness (QED) is 0.649. The average molecular weight is 391 g/mol. The number of para-hydroxylation sites is 1. The van der Waals surface area contributed by atoms with Crippen LogP contribution in [0.5, 0.6) is 0 Å². The van der Waals surface area contributed by atoms with Gasteiger partial charge in [0.2, 0.25) is 5.91 Å².